The molecule has 0 aliphatic carbocycles. The molecular weight excluding hydrogens is 370 g/mol. The first-order chi connectivity index (χ1) is 12.8. The molecule has 1 heterocycles. The molecule has 9 heteroatoms. The van der Waals surface area contributed by atoms with Crippen LogP contribution in [0.5, 0.6) is 5.75 Å². The smallest absolute Gasteiger partial charge is 0.273 e. The second-order valence-corrected chi connectivity index (χ2v) is 7.82. The monoisotopic (exact) mass is 389 g/mol. The van der Waals surface area contributed by atoms with Crippen molar-refractivity contribution in [3.63, 3.8) is 0 Å². The Morgan fingerprint density at radius 1 is 1.11 bits per heavy atom. The van der Waals surface area contributed by atoms with Crippen LogP contribution in [0.4, 0.5) is 5.69 Å². The predicted molar refractivity (Wildman–Crippen MR) is 99.0 cm³/mol. The van der Waals surface area contributed by atoms with Gasteiger partial charge < -0.3 is 4.74 Å². The number of methoxy groups -OCH3 is 1. The third kappa shape index (κ3) is 3.59. The predicted octanol–water partition coefficient (Wildman–Crippen LogP) is 1.23. The van der Waals surface area contributed by atoms with Crippen molar-refractivity contribution in [2.45, 2.75) is 18.2 Å². The molecule has 0 bridgehead atoms. The summed E-state index contributed by atoms with van der Waals surface area (Å²) >= 11 is 0. The number of hydrogen-bond donors (Lipinski definition) is 2. The van der Waals surface area contributed by atoms with E-state index >= 15 is 0 Å². The molecule has 2 aromatic rings. The number of carbonyl (C=O) groups excluding carboxylic acids is 2. The Morgan fingerprint density at radius 3 is 2.56 bits per heavy atom. The van der Waals surface area contributed by atoms with Gasteiger partial charge >= 0.3 is 0 Å². The minimum atomic E-state index is -3.85. The number of nitrogens with zero attached hydrogens (tertiary/aromatic N) is 1. The fraction of sp³-hybridized carbons (Fsp3) is 0.222. The van der Waals surface area contributed by atoms with Crippen LogP contribution in [-0.4, -0.2) is 33.9 Å². The number of nitrogens with one attached hydrogen (secondary N) is 2. The number of hydrogen-bond acceptors (Lipinski definition) is 5. The van der Waals surface area contributed by atoms with E-state index in [-0.39, 0.29) is 16.2 Å². The number of rotatable bonds is 4. The van der Waals surface area contributed by atoms with E-state index in [0.717, 1.165) is 5.56 Å². The summed E-state index contributed by atoms with van der Waals surface area (Å²) < 4.78 is 32.7. The summed E-state index contributed by atoms with van der Waals surface area (Å²) in [6.07, 6.45) is 0.626. The maximum atomic E-state index is 13.1. The van der Waals surface area contributed by atoms with E-state index in [1.165, 1.54) is 36.5 Å². The van der Waals surface area contributed by atoms with Gasteiger partial charge in [0.2, 0.25) is 5.91 Å². The second-order valence-electron chi connectivity index (χ2n) is 5.95. The van der Waals surface area contributed by atoms with E-state index in [2.05, 4.69) is 10.9 Å². The van der Waals surface area contributed by atoms with Crippen molar-refractivity contribution >= 4 is 27.5 Å². The molecule has 2 aromatic carbocycles. The highest BCUT2D eigenvalue weighted by Crippen LogP contribution is 2.33. The molecule has 0 aromatic heterocycles. The van der Waals surface area contributed by atoms with Gasteiger partial charge in [0.15, 0.2) is 0 Å². The molecule has 2 amide bonds. The highest BCUT2D eigenvalue weighted by atomic mass is 32.2. The van der Waals surface area contributed by atoms with Gasteiger partial charge in [0.1, 0.15) is 5.75 Å². The summed E-state index contributed by atoms with van der Waals surface area (Å²) in [7, 11) is -2.48. The van der Waals surface area contributed by atoms with E-state index in [4.69, 9.17) is 4.74 Å². The minimum absolute atomic E-state index is 0.000179. The van der Waals surface area contributed by atoms with Crippen LogP contribution in [0.3, 0.4) is 0 Å². The molecule has 8 nitrogen and oxygen atoms in total. The first kappa shape index (κ1) is 18.7. The van der Waals surface area contributed by atoms with Crippen LogP contribution in [0.25, 0.3) is 0 Å². The molecule has 0 saturated carbocycles. The van der Waals surface area contributed by atoms with Crippen molar-refractivity contribution in [3.05, 3.63) is 53.6 Å². The molecule has 0 radical (unpaired) electrons. The molecule has 0 saturated heterocycles. The van der Waals surface area contributed by atoms with E-state index < -0.39 is 21.8 Å². The summed E-state index contributed by atoms with van der Waals surface area (Å²) in [6.45, 7) is 1.57. The van der Waals surface area contributed by atoms with E-state index in [0.29, 0.717) is 18.7 Å². The number of amides is 2. The number of carbonyl (C=O) groups is 2. The molecule has 0 unspecified atom stereocenters. The minimum Gasteiger partial charge on any atom is -0.496 e. The lowest BCUT2D eigenvalue weighted by molar-refractivity contribution is -0.119. The lowest BCUT2D eigenvalue weighted by atomic mass is 10.2. The normalized spacial score (nSPS) is 13.0. The van der Waals surface area contributed by atoms with Gasteiger partial charge in [-0.1, -0.05) is 18.2 Å². The topological polar surface area (TPSA) is 105 Å². The van der Waals surface area contributed by atoms with Gasteiger partial charge in [-0.3, -0.25) is 24.7 Å². The van der Waals surface area contributed by atoms with Gasteiger partial charge in [-0.25, -0.2) is 8.42 Å². The zero-order valence-electron chi connectivity index (χ0n) is 14.9. The molecule has 27 heavy (non-hydrogen) atoms. The third-order valence-corrected chi connectivity index (χ3v) is 6.01. The zero-order chi connectivity index (χ0) is 19.6. The summed E-state index contributed by atoms with van der Waals surface area (Å²) in [5.41, 5.74) is 5.97. The number of sulfonamides is 1. The van der Waals surface area contributed by atoms with Crippen molar-refractivity contribution in [1.82, 2.24) is 10.9 Å². The Balaban J connectivity index is 1.98. The van der Waals surface area contributed by atoms with Crippen molar-refractivity contribution in [1.29, 1.82) is 0 Å². The maximum Gasteiger partial charge on any atom is 0.273 e. The summed E-state index contributed by atoms with van der Waals surface area (Å²) in [5, 5.41) is 0. The van der Waals surface area contributed by atoms with Crippen molar-refractivity contribution in [2.75, 3.05) is 18.0 Å². The first-order valence-electron chi connectivity index (χ1n) is 8.20. The largest absolute Gasteiger partial charge is 0.496 e. The molecule has 142 valence electrons. The highest BCUT2D eigenvalue weighted by molar-refractivity contribution is 7.92. The average molecular weight is 389 g/mol. The molecule has 2 N–H and O–H groups in total. The number of benzene rings is 2. The molecule has 0 fully saturated rings. The highest BCUT2D eigenvalue weighted by Gasteiger charge is 2.31. The average Bonchev–Trinajstić information content (AvgIpc) is 3.10. The van der Waals surface area contributed by atoms with E-state index in [1.807, 2.05) is 12.1 Å². The molecule has 0 atom stereocenters. The summed E-state index contributed by atoms with van der Waals surface area (Å²) in [4.78, 5) is 23.3. The van der Waals surface area contributed by atoms with Crippen LogP contribution in [0.15, 0.2) is 47.4 Å². The van der Waals surface area contributed by atoms with Crippen LogP contribution in [-0.2, 0) is 21.2 Å². The van der Waals surface area contributed by atoms with Crippen molar-refractivity contribution < 1.29 is 22.7 Å². The Labute approximate surface area is 157 Å². The number of fused-ring (bicyclic) bond motifs is 1. The number of hydrazine groups is 1. The van der Waals surface area contributed by atoms with E-state index in [9.17, 15) is 18.0 Å². The van der Waals surface area contributed by atoms with Gasteiger partial charge in [0.25, 0.3) is 15.9 Å². The standard InChI is InChI=1S/C18H19N3O5S/c1-12(22)19-20-18(23)15-11-14(7-8-17(15)26-2)27(24,25)21-10-9-13-5-3-4-6-16(13)21/h3-8,11H,9-10H2,1-2H3,(H,19,22)(H,20,23). The van der Waals surface area contributed by atoms with Crippen molar-refractivity contribution in [3.8, 4) is 5.75 Å². The zero-order valence-corrected chi connectivity index (χ0v) is 15.7. The van der Waals surface area contributed by atoms with Crippen LogP contribution in [0, 0.1) is 0 Å². The van der Waals surface area contributed by atoms with Crippen LogP contribution < -0.4 is 19.9 Å². The van der Waals surface area contributed by atoms with Gasteiger partial charge in [-0.2, -0.15) is 0 Å². The quantitative estimate of drug-likeness (QED) is 0.766. The SMILES string of the molecule is COc1ccc(S(=O)(=O)N2CCc3ccccc32)cc1C(=O)NNC(C)=O. The lowest BCUT2D eigenvalue weighted by Gasteiger charge is -2.20. The fourth-order valence-electron chi connectivity index (χ4n) is 2.92. The lowest BCUT2D eigenvalue weighted by Crippen LogP contribution is -2.40. The van der Waals surface area contributed by atoms with Crippen molar-refractivity contribution in [2.24, 2.45) is 0 Å². The Hall–Kier alpha value is -3.07. The van der Waals surface area contributed by atoms with E-state index in [1.54, 1.807) is 12.1 Å². The number of ether oxygens (including phenoxy) is 1. The Morgan fingerprint density at radius 2 is 1.85 bits per heavy atom. The van der Waals surface area contributed by atoms with Gasteiger partial charge in [0.05, 0.1) is 23.3 Å². The van der Waals surface area contributed by atoms with Crippen LogP contribution in [0.1, 0.15) is 22.8 Å². The van der Waals surface area contributed by atoms with Gasteiger partial charge in [-0.05, 0) is 36.2 Å². The molecule has 1 aliphatic heterocycles. The number of para-hydroxylation sites is 1. The second kappa shape index (κ2) is 7.28. The third-order valence-electron chi connectivity index (χ3n) is 4.20. The van der Waals surface area contributed by atoms with Gasteiger partial charge in [-0.15, -0.1) is 0 Å². The Kier molecular flexibility index (Phi) is 5.04. The van der Waals surface area contributed by atoms with Crippen LogP contribution in [0.2, 0.25) is 0 Å². The number of anilines is 1. The van der Waals surface area contributed by atoms with Crippen LogP contribution >= 0.6 is 0 Å². The summed E-state index contributed by atoms with van der Waals surface area (Å²) in [6, 6.07) is 11.4. The molecule has 3 rings (SSSR count). The Bertz CT molecular complexity index is 1000. The van der Waals surface area contributed by atoms with Gasteiger partial charge in [0, 0.05) is 13.5 Å². The molecule has 1 aliphatic rings. The molecule has 0 spiro atoms. The maximum absolute atomic E-state index is 13.1. The first-order valence-corrected chi connectivity index (χ1v) is 9.64. The fourth-order valence-corrected chi connectivity index (χ4v) is 4.45. The molecular formula is C18H19N3O5S. The summed E-state index contributed by atoms with van der Waals surface area (Å²) in [5.74, 6) is -0.945.